The van der Waals surface area contributed by atoms with Gasteiger partial charge in [0.1, 0.15) is 0 Å². The third kappa shape index (κ3) is 3.35. The predicted octanol–water partition coefficient (Wildman–Crippen LogP) is 3.95. The minimum atomic E-state index is -0.696. The van der Waals surface area contributed by atoms with Crippen molar-refractivity contribution in [2.75, 3.05) is 5.73 Å². The zero-order chi connectivity index (χ0) is 16.4. The topological polar surface area (TPSA) is 91.2 Å². The lowest BCUT2D eigenvalue weighted by molar-refractivity contribution is 0.0281. The summed E-state index contributed by atoms with van der Waals surface area (Å²) in [6, 6.07) is 8.33. The van der Waals surface area contributed by atoms with Gasteiger partial charge in [0.05, 0.1) is 10.4 Å². The highest BCUT2D eigenvalue weighted by Crippen LogP contribution is 2.27. The average Bonchev–Trinajstić information content (AvgIpc) is 3.18. The summed E-state index contributed by atoms with van der Waals surface area (Å²) < 4.78 is 10.9. The van der Waals surface area contributed by atoms with Gasteiger partial charge in [-0.3, -0.25) is 0 Å². The maximum Gasteiger partial charge on any atom is 0.341 e. The summed E-state index contributed by atoms with van der Waals surface area (Å²) in [4.78, 5) is 13.0. The molecule has 0 aliphatic carbocycles. The molecule has 118 valence electrons. The molecule has 2 aromatic heterocycles. The van der Waals surface area contributed by atoms with E-state index in [1.165, 1.54) is 23.5 Å². The van der Waals surface area contributed by atoms with Crippen LogP contribution in [-0.4, -0.2) is 16.2 Å². The maximum atomic E-state index is 12.2. The number of nitrogen functional groups attached to an aromatic ring is 1. The molecule has 3 aromatic rings. The minimum Gasteiger partial charge on any atom is -0.449 e. The van der Waals surface area contributed by atoms with Crippen molar-refractivity contribution in [1.29, 1.82) is 0 Å². The molecule has 3 rings (SSSR count). The van der Waals surface area contributed by atoms with Gasteiger partial charge in [-0.1, -0.05) is 17.7 Å². The van der Waals surface area contributed by atoms with Gasteiger partial charge in [0.25, 0.3) is 11.8 Å². The van der Waals surface area contributed by atoms with Crippen molar-refractivity contribution in [3.63, 3.8) is 0 Å². The van der Waals surface area contributed by atoms with Crippen molar-refractivity contribution in [2.45, 2.75) is 13.0 Å². The van der Waals surface area contributed by atoms with Crippen molar-refractivity contribution in [1.82, 2.24) is 10.2 Å². The quantitative estimate of drug-likeness (QED) is 0.566. The van der Waals surface area contributed by atoms with Gasteiger partial charge in [0.15, 0.2) is 6.10 Å². The van der Waals surface area contributed by atoms with Crippen LogP contribution >= 0.6 is 22.9 Å². The molecule has 0 bridgehead atoms. The number of anilines is 1. The van der Waals surface area contributed by atoms with Crippen LogP contribution in [0.5, 0.6) is 0 Å². The van der Waals surface area contributed by atoms with Crippen LogP contribution in [0.15, 0.2) is 40.1 Å². The van der Waals surface area contributed by atoms with Crippen molar-refractivity contribution in [2.24, 2.45) is 0 Å². The Labute approximate surface area is 140 Å². The van der Waals surface area contributed by atoms with Gasteiger partial charge in [-0.2, -0.15) is 0 Å². The number of esters is 1. The second kappa shape index (κ2) is 6.39. The summed E-state index contributed by atoms with van der Waals surface area (Å²) >= 11 is 7.29. The van der Waals surface area contributed by atoms with E-state index in [2.05, 4.69) is 10.2 Å². The first-order chi connectivity index (χ1) is 11.0. The lowest BCUT2D eigenvalue weighted by Crippen LogP contribution is -2.11. The fraction of sp³-hybridized carbons (Fsp3) is 0.133. The fourth-order valence-corrected chi connectivity index (χ4v) is 2.72. The van der Waals surface area contributed by atoms with Crippen molar-refractivity contribution < 1.29 is 13.9 Å². The molecule has 1 aromatic carbocycles. The molecule has 0 amide bonds. The Kier molecular flexibility index (Phi) is 4.31. The highest BCUT2D eigenvalue weighted by atomic mass is 35.5. The zero-order valence-corrected chi connectivity index (χ0v) is 13.6. The number of thiophene rings is 1. The summed E-state index contributed by atoms with van der Waals surface area (Å²) in [6.45, 7) is 1.65. The Balaban J connectivity index is 1.74. The lowest BCUT2D eigenvalue weighted by Gasteiger charge is -2.10. The summed E-state index contributed by atoms with van der Waals surface area (Å²) in [7, 11) is 0. The number of rotatable bonds is 4. The smallest absolute Gasteiger partial charge is 0.341 e. The molecule has 6 nitrogen and oxygen atoms in total. The number of benzene rings is 1. The molecule has 0 aliphatic heterocycles. The van der Waals surface area contributed by atoms with Crippen LogP contribution in [0.2, 0.25) is 5.02 Å². The molecule has 0 aliphatic rings. The van der Waals surface area contributed by atoms with Gasteiger partial charge in [0, 0.05) is 10.7 Å². The van der Waals surface area contributed by atoms with E-state index in [9.17, 15) is 4.79 Å². The monoisotopic (exact) mass is 349 g/mol. The average molecular weight is 350 g/mol. The molecular weight excluding hydrogens is 338 g/mol. The molecule has 0 unspecified atom stereocenters. The van der Waals surface area contributed by atoms with Crippen molar-refractivity contribution >= 4 is 34.6 Å². The van der Waals surface area contributed by atoms with Crippen LogP contribution in [-0.2, 0) is 4.74 Å². The molecule has 0 spiro atoms. The van der Waals surface area contributed by atoms with E-state index in [4.69, 9.17) is 26.5 Å². The Hall–Kier alpha value is -2.38. The third-order valence-electron chi connectivity index (χ3n) is 3.04. The van der Waals surface area contributed by atoms with E-state index in [0.29, 0.717) is 10.9 Å². The number of nitrogens with zero attached hydrogens (tertiary/aromatic N) is 2. The maximum absolute atomic E-state index is 12.2. The lowest BCUT2D eigenvalue weighted by atomic mass is 10.2. The molecule has 0 radical (unpaired) electrons. The van der Waals surface area contributed by atoms with Crippen LogP contribution in [0.25, 0.3) is 10.8 Å². The predicted molar refractivity (Wildman–Crippen MR) is 87.3 cm³/mol. The number of carbonyl (C=O) groups excluding carboxylic acids is 1. The molecule has 8 heteroatoms. The van der Waals surface area contributed by atoms with Crippen molar-refractivity contribution in [3.8, 4) is 10.8 Å². The van der Waals surface area contributed by atoms with Crippen LogP contribution in [0.4, 0.5) is 5.69 Å². The number of halogens is 1. The number of hydrogen-bond acceptors (Lipinski definition) is 7. The van der Waals surface area contributed by atoms with Gasteiger partial charge in [-0.15, -0.1) is 21.5 Å². The standard InChI is InChI=1S/C15H12ClN3O3S/c1-8(13-18-19-14(22-13)12-3-2-6-23-12)21-15(20)10-5-4-9(16)7-11(10)17/h2-8H,17H2,1H3/t8-/m1/s1. The van der Waals surface area contributed by atoms with Crippen LogP contribution < -0.4 is 5.73 Å². The van der Waals surface area contributed by atoms with E-state index in [0.717, 1.165) is 4.88 Å². The third-order valence-corrected chi connectivity index (χ3v) is 4.13. The Bertz CT molecular complexity index is 832. The molecule has 1 atom stereocenters. The Morgan fingerprint density at radius 2 is 2.22 bits per heavy atom. The number of hydrogen-bond donors (Lipinski definition) is 1. The largest absolute Gasteiger partial charge is 0.449 e. The first-order valence-corrected chi connectivity index (χ1v) is 7.93. The van der Waals surface area contributed by atoms with Crippen LogP contribution in [0, 0.1) is 0 Å². The first kappa shape index (κ1) is 15.5. The van der Waals surface area contributed by atoms with Gasteiger partial charge in [-0.25, -0.2) is 4.79 Å². The first-order valence-electron chi connectivity index (χ1n) is 6.68. The molecule has 23 heavy (non-hydrogen) atoms. The highest BCUT2D eigenvalue weighted by molar-refractivity contribution is 7.13. The molecule has 0 saturated heterocycles. The molecule has 0 fully saturated rings. The van der Waals surface area contributed by atoms with Gasteiger partial charge in [-0.05, 0) is 36.6 Å². The molecular formula is C15H12ClN3O3S. The van der Waals surface area contributed by atoms with E-state index in [1.54, 1.807) is 13.0 Å². The van der Waals surface area contributed by atoms with Crippen LogP contribution in [0.3, 0.4) is 0 Å². The minimum absolute atomic E-state index is 0.217. The SMILES string of the molecule is C[C@@H](OC(=O)c1ccc(Cl)cc1N)c1nnc(-c2cccs2)o1. The van der Waals surface area contributed by atoms with E-state index < -0.39 is 12.1 Å². The summed E-state index contributed by atoms with van der Waals surface area (Å²) in [5.41, 5.74) is 6.25. The van der Waals surface area contributed by atoms with Gasteiger partial charge >= 0.3 is 5.97 Å². The zero-order valence-electron chi connectivity index (χ0n) is 12.0. The number of aromatic nitrogens is 2. The van der Waals surface area contributed by atoms with Gasteiger partial charge in [0.2, 0.25) is 0 Å². The van der Waals surface area contributed by atoms with E-state index in [-0.39, 0.29) is 17.1 Å². The molecule has 2 heterocycles. The Morgan fingerprint density at radius 1 is 1.39 bits per heavy atom. The van der Waals surface area contributed by atoms with Gasteiger partial charge < -0.3 is 14.9 Å². The van der Waals surface area contributed by atoms with E-state index in [1.807, 2.05) is 17.5 Å². The summed E-state index contributed by atoms with van der Waals surface area (Å²) in [6.07, 6.45) is -0.696. The second-order valence-corrected chi connectivity index (χ2v) is 6.09. The second-order valence-electron chi connectivity index (χ2n) is 4.70. The number of ether oxygens (including phenoxy) is 1. The molecule has 2 N–H and O–H groups in total. The normalized spacial score (nSPS) is 12.1. The summed E-state index contributed by atoms with van der Waals surface area (Å²) in [5.74, 6) is 0.0285. The fourth-order valence-electron chi connectivity index (χ4n) is 1.89. The Morgan fingerprint density at radius 3 is 2.91 bits per heavy atom. The number of carbonyl (C=O) groups is 1. The van der Waals surface area contributed by atoms with Crippen LogP contribution in [0.1, 0.15) is 29.3 Å². The number of nitrogens with two attached hydrogens (primary N) is 1. The van der Waals surface area contributed by atoms with Crippen molar-refractivity contribution in [3.05, 3.63) is 52.2 Å². The van der Waals surface area contributed by atoms with E-state index >= 15 is 0 Å². The summed E-state index contributed by atoms with van der Waals surface area (Å²) in [5, 5.41) is 10.2. The highest BCUT2D eigenvalue weighted by Gasteiger charge is 2.21. The molecule has 0 saturated carbocycles.